The number of carbonyl (C=O) groups excluding carboxylic acids is 5. The highest BCUT2D eigenvalue weighted by Gasteiger charge is 2.46. The monoisotopic (exact) mass is 1200 g/mol. The second kappa shape index (κ2) is 28.3. The van der Waals surface area contributed by atoms with Crippen molar-refractivity contribution in [3.63, 3.8) is 0 Å². The van der Waals surface area contributed by atoms with Crippen LogP contribution in [0.2, 0.25) is 18.1 Å². The zero-order valence-corrected chi connectivity index (χ0v) is 52.7. The van der Waals surface area contributed by atoms with Gasteiger partial charge in [-0.25, -0.2) is 24.5 Å². The number of carbonyl (C=O) groups is 5. The number of nitrogens with one attached hydrogen (secondary N) is 4. The van der Waals surface area contributed by atoms with Crippen LogP contribution < -0.4 is 21.3 Å². The number of thiazole rings is 2. The molecule has 22 heteroatoms. The van der Waals surface area contributed by atoms with Gasteiger partial charge in [-0.15, -0.1) is 22.7 Å². The van der Waals surface area contributed by atoms with Crippen LogP contribution in [-0.2, 0) is 51.1 Å². The molecule has 0 spiro atoms. The predicted molar refractivity (Wildman–Crippen MR) is 326 cm³/mol. The Morgan fingerprint density at radius 2 is 1.34 bits per heavy atom. The van der Waals surface area contributed by atoms with Gasteiger partial charge in [0.15, 0.2) is 14.4 Å². The van der Waals surface area contributed by atoms with E-state index >= 15 is 4.79 Å². The molecule has 442 valence electrons. The Kier molecular flexibility index (Phi) is 22.4. The fraction of sp³-hybridized carbons (Fsp3) is 0.467. The van der Waals surface area contributed by atoms with E-state index in [9.17, 15) is 29.4 Å². The summed E-state index contributed by atoms with van der Waals surface area (Å²) in [4.78, 5) is 83.0. The SMILES string of the molecule is C[C@H](C(=O)N[C@H](C(=O)OCCc1nc(-c2nc(C(=O)NCCC[S+](C)C)cs2)cs1)[C@@H](C)O)[C@H](O)[C@@H](C)NC(=O)[C@@H](NC(=O)OC(C)(C)C)[C@@H](O[Si](C)(C)C(C)(C)C)c1cn(C(c2ccccc2)(c2ccccc2)c2ccccc2)cn1. The number of ether oxygens (including phenoxy) is 2. The fourth-order valence-electron chi connectivity index (χ4n) is 8.81. The van der Waals surface area contributed by atoms with Crippen LogP contribution in [0, 0.1) is 5.92 Å². The normalized spacial score (nSPS) is 14.8. The summed E-state index contributed by atoms with van der Waals surface area (Å²) in [6, 6.07) is 25.9. The van der Waals surface area contributed by atoms with Gasteiger partial charge < -0.3 is 49.9 Å². The van der Waals surface area contributed by atoms with E-state index in [1.54, 1.807) is 37.9 Å². The highest BCUT2D eigenvalue weighted by molar-refractivity contribution is 7.95. The van der Waals surface area contributed by atoms with Gasteiger partial charge in [-0.1, -0.05) is 119 Å². The van der Waals surface area contributed by atoms with E-state index in [1.165, 1.54) is 43.4 Å². The summed E-state index contributed by atoms with van der Waals surface area (Å²) in [5, 5.41) is 37.9. The van der Waals surface area contributed by atoms with Gasteiger partial charge in [-0.05, 0) is 80.3 Å². The maximum atomic E-state index is 15.1. The molecule has 18 nitrogen and oxygen atoms in total. The van der Waals surface area contributed by atoms with Crippen LogP contribution in [0.1, 0.15) is 113 Å². The molecule has 0 aliphatic heterocycles. The van der Waals surface area contributed by atoms with Crippen molar-refractivity contribution < 1.29 is 48.1 Å². The zero-order valence-electron chi connectivity index (χ0n) is 49.2. The highest BCUT2D eigenvalue weighted by Crippen LogP contribution is 2.44. The van der Waals surface area contributed by atoms with Crippen LogP contribution in [0.4, 0.5) is 4.79 Å². The number of aliphatic hydroxyl groups is 2. The Balaban J connectivity index is 1.20. The molecule has 0 radical (unpaired) electrons. The van der Waals surface area contributed by atoms with Crippen LogP contribution in [-0.4, -0.2) is 135 Å². The summed E-state index contributed by atoms with van der Waals surface area (Å²) in [5.41, 5.74) is 2.06. The van der Waals surface area contributed by atoms with Gasteiger partial charge in [0.2, 0.25) is 11.8 Å². The number of benzene rings is 3. The van der Waals surface area contributed by atoms with Crippen LogP contribution in [0.15, 0.2) is 114 Å². The molecular weight excluding hydrogens is 1120 g/mol. The third kappa shape index (κ3) is 16.7. The van der Waals surface area contributed by atoms with Crippen molar-refractivity contribution in [2.45, 2.75) is 141 Å². The van der Waals surface area contributed by atoms with Crippen molar-refractivity contribution in [1.82, 2.24) is 40.8 Å². The molecule has 0 unspecified atom stereocenters. The topological polar surface area (TPSA) is 245 Å². The lowest BCUT2D eigenvalue weighted by atomic mass is 9.77. The molecule has 6 N–H and O–H groups in total. The Hall–Kier alpha value is -6.27. The highest BCUT2D eigenvalue weighted by atomic mass is 32.2. The molecule has 3 aromatic carbocycles. The van der Waals surface area contributed by atoms with E-state index in [4.69, 9.17) is 18.9 Å². The second-order valence-corrected chi connectivity index (χ2v) is 32.1. The van der Waals surface area contributed by atoms with Crippen molar-refractivity contribution in [1.29, 1.82) is 0 Å². The van der Waals surface area contributed by atoms with Crippen molar-refractivity contribution in [2.24, 2.45) is 5.92 Å². The number of aliphatic hydroxyl groups excluding tert-OH is 2. The summed E-state index contributed by atoms with van der Waals surface area (Å²) in [7, 11) is -2.56. The first kappa shape index (κ1) is 64.9. The maximum Gasteiger partial charge on any atom is 0.408 e. The summed E-state index contributed by atoms with van der Waals surface area (Å²) >= 11 is 2.63. The minimum atomic E-state index is -2.86. The number of esters is 1. The molecule has 0 aliphatic carbocycles. The summed E-state index contributed by atoms with van der Waals surface area (Å²) in [6.45, 7) is 20.0. The first-order chi connectivity index (χ1) is 38.6. The Bertz CT molecular complexity index is 2950. The molecular formula is C60H81N8O10S3Si+. The average Bonchev–Trinajstić information content (AvgIpc) is 3.83. The summed E-state index contributed by atoms with van der Waals surface area (Å²) in [5.74, 6) is -2.94. The third-order valence-electron chi connectivity index (χ3n) is 14.3. The van der Waals surface area contributed by atoms with Gasteiger partial charge >= 0.3 is 12.1 Å². The lowest BCUT2D eigenvalue weighted by molar-refractivity contribution is -0.151. The molecule has 0 aliphatic rings. The standard InChI is InChI=1S/C60H80N8O10S3Si/c1-38(52(71)66-48(40(3)69)56(74)76-32-30-47-64-46(36-79-47)55-65-45(35-80-55)53(72)61-31-23-33-81(10)11)50(70)39(2)63-54(73)49(67-57(75)77-58(4,5)6)51(78-82(12,13)59(7,8)9)44-34-68(37-62-44)60(41-24-17-14-18-25-41,42-26-19-15-20-27-42)43-28-21-16-22-29-43/h14-22,24-29,34-40,48-51,69-70H,23,30-33H2,1-13H3,(H3-,61,63,66,67,71,72,73,75)/p+1/t38-,39+,40+,48-,49-,50-,51-/m0/s1. The van der Waals surface area contributed by atoms with Gasteiger partial charge in [-0.2, -0.15) is 0 Å². The number of hydrogen-bond acceptors (Lipinski definition) is 15. The van der Waals surface area contributed by atoms with Crippen LogP contribution >= 0.6 is 22.7 Å². The first-order valence-electron chi connectivity index (χ1n) is 27.4. The van der Waals surface area contributed by atoms with Crippen molar-refractivity contribution in [3.05, 3.63) is 147 Å². The number of hydrogen-bond donors (Lipinski definition) is 6. The number of alkyl carbamates (subject to hydrolysis) is 1. The molecule has 82 heavy (non-hydrogen) atoms. The summed E-state index contributed by atoms with van der Waals surface area (Å²) < 4.78 is 20.4. The second-order valence-electron chi connectivity index (χ2n) is 23.1. The van der Waals surface area contributed by atoms with Gasteiger partial charge in [-0.3, -0.25) is 14.4 Å². The van der Waals surface area contributed by atoms with Crippen LogP contribution in [0.3, 0.4) is 0 Å². The lowest BCUT2D eigenvalue weighted by Crippen LogP contribution is -2.58. The van der Waals surface area contributed by atoms with Crippen molar-refractivity contribution >= 4 is 71.7 Å². The van der Waals surface area contributed by atoms with Crippen LogP contribution in [0.25, 0.3) is 10.7 Å². The lowest BCUT2D eigenvalue weighted by Gasteiger charge is -2.41. The van der Waals surface area contributed by atoms with Gasteiger partial charge in [0.05, 0.1) is 60.3 Å². The quantitative estimate of drug-likeness (QED) is 0.00983. The third-order valence-corrected chi connectivity index (χ3v) is 21.6. The van der Waals surface area contributed by atoms with E-state index in [-0.39, 0.29) is 18.9 Å². The largest absolute Gasteiger partial charge is 0.464 e. The van der Waals surface area contributed by atoms with E-state index in [0.717, 1.165) is 28.9 Å². The molecule has 4 amide bonds. The van der Waals surface area contributed by atoms with Crippen molar-refractivity contribution in [2.75, 3.05) is 31.4 Å². The van der Waals surface area contributed by atoms with Gasteiger partial charge in [0.1, 0.15) is 45.4 Å². The van der Waals surface area contributed by atoms with Crippen LogP contribution in [0.5, 0.6) is 0 Å². The molecule has 7 atom stereocenters. The molecule has 6 aromatic rings. The van der Waals surface area contributed by atoms with E-state index in [1.807, 2.05) is 78.5 Å². The Morgan fingerprint density at radius 3 is 1.88 bits per heavy atom. The van der Waals surface area contributed by atoms with Crippen molar-refractivity contribution in [3.8, 4) is 10.7 Å². The molecule has 0 saturated heterocycles. The van der Waals surface area contributed by atoms with Gasteiger partial charge in [0, 0.05) is 36.3 Å². The summed E-state index contributed by atoms with van der Waals surface area (Å²) in [6.07, 6.45) is 3.89. The minimum Gasteiger partial charge on any atom is -0.464 e. The molecule has 0 bridgehead atoms. The number of nitrogens with zero attached hydrogens (tertiary/aromatic N) is 4. The number of aromatic nitrogens is 4. The van der Waals surface area contributed by atoms with E-state index in [2.05, 4.69) is 101 Å². The Labute approximate surface area is 494 Å². The zero-order chi connectivity index (χ0) is 60.2. The number of imidazole rings is 1. The smallest absolute Gasteiger partial charge is 0.408 e. The number of amides is 4. The fourth-order valence-corrected chi connectivity index (χ4v) is 12.4. The molecule has 0 fully saturated rings. The maximum absolute atomic E-state index is 15.1. The average molecular weight is 1200 g/mol. The number of rotatable bonds is 26. The molecule has 3 aromatic heterocycles. The molecule has 0 saturated carbocycles. The molecule has 3 heterocycles. The predicted octanol–water partition coefficient (Wildman–Crippen LogP) is 8.41. The van der Waals surface area contributed by atoms with Gasteiger partial charge in [0.25, 0.3) is 5.91 Å². The molecule has 6 rings (SSSR count). The first-order valence-corrected chi connectivity index (χ1v) is 34.2. The Morgan fingerprint density at radius 1 is 0.756 bits per heavy atom. The van der Waals surface area contributed by atoms with E-state index < -0.39 is 90.7 Å². The van der Waals surface area contributed by atoms with E-state index in [0.29, 0.717) is 44.5 Å². The minimum absolute atomic E-state index is 0.124.